The van der Waals surface area contributed by atoms with E-state index in [2.05, 4.69) is 4.90 Å². The smallest absolute Gasteiger partial charge is 0.307 e. The highest BCUT2D eigenvalue weighted by molar-refractivity contribution is 5.70. The lowest BCUT2D eigenvalue weighted by Crippen LogP contribution is -2.22. The van der Waals surface area contributed by atoms with Crippen molar-refractivity contribution in [3.05, 3.63) is 24.2 Å². The maximum absolute atomic E-state index is 10.7. The molecule has 0 radical (unpaired) electrons. The van der Waals surface area contributed by atoms with Gasteiger partial charge in [-0.2, -0.15) is 0 Å². The third-order valence-electron chi connectivity index (χ3n) is 2.61. The van der Waals surface area contributed by atoms with Crippen LogP contribution in [0.3, 0.4) is 0 Å². The summed E-state index contributed by atoms with van der Waals surface area (Å²) in [6.07, 6.45) is 4.10. The summed E-state index contributed by atoms with van der Waals surface area (Å²) in [5.41, 5.74) is 1.11. The molecule has 1 N–H and O–H groups in total. The Morgan fingerprint density at radius 1 is 1.71 bits per heavy atom. The fourth-order valence-electron chi connectivity index (χ4n) is 1.82. The first-order valence-electron chi connectivity index (χ1n) is 4.72. The molecular formula is C10H13NO3. The monoisotopic (exact) mass is 195 g/mol. The summed E-state index contributed by atoms with van der Waals surface area (Å²) in [6.45, 7) is 2.31. The second-order valence-electron chi connectivity index (χ2n) is 3.69. The fraction of sp³-hybridized carbons (Fsp3) is 0.500. The summed E-state index contributed by atoms with van der Waals surface area (Å²) in [6, 6.07) is 1.91. The zero-order valence-electron chi connectivity index (χ0n) is 7.85. The Kier molecular flexibility index (Phi) is 2.54. The standard InChI is InChI=1S/C10H13NO3/c12-10(13)9-1-3-11(6-9)5-8-2-4-14-7-8/h2,4,7,9H,1,3,5-6H2,(H,12,13). The van der Waals surface area contributed by atoms with Crippen LogP contribution in [0.1, 0.15) is 12.0 Å². The van der Waals surface area contributed by atoms with Crippen LogP contribution in [0.25, 0.3) is 0 Å². The highest BCUT2D eigenvalue weighted by Gasteiger charge is 2.27. The van der Waals surface area contributed by atoms with E-state index in [1.54, 1.807) is 12.5 Å². The minimum absolute atomic E-state index is 0.193. The van der Waals surface area contributed by atoms with Crippen LogP contribution in [0.5, 0.6) is 0 Å². The Hall–Kier alpha value is -1.29. The van der Waals surface area contributed by atoms with Crippen LogP contribution < -0.4 is 0 Å². The second kappa shape index (κ2) is 3.84. The molecule has 1 aliphatic rings. The predicted octanol–water partition coefficient (Wildman–Crippen LogP) is 1.19. The summed E-state index contributed by atoms with van der Waals surface area (Å²) in [5.74, 6) is -0.874. The van der Waals surface area contributed by atoms with Crippen LogP contribution in [0.15, 0.2) is 23.0 Å². The molecule has 4 heteroatoms. The molecule has 4 nitrogen and oxygen atoms in total. The lowest BCUT2D eigenvalue weighted by molar-refractivity contribution is -0.141. The third-order valence-corrected chi connectivity index (χ3v) is 2.61. The first-order chi connectivity index (χ1) is 6.75. The minimum Gasteiger partial charge on any atom is -0.481 e. The van der Waals surface area contributed by atoms with Gasteiger partial charge in [-0.1, -0.05) is 0 Å². The van der Waals surface area contributed by atoms with Crippen molar-refractivity contribution in [3.8, 4) is 0 Å². The van der Waals surface area contributed by atoms with Gasteiger partial charge in [0.1, 0.15) is 0 Å². The molecule has 0 saturated carbocycles. The Bertz CT molecular complexity index is 307. The van der Waals surface area contributed by atoms with Gasteiger partial charge in [0, 0.05) is 18.7 Å². The number of carboxylic acids is 1. The van der Waals surface area contributed by atoms with Gasteiger partial charge in [-0.05, 0) is 19.0 Å². The van der Waals surface area contributed by atoms with E-state index in [0.717, 1.165) is 25.1 Å². The Balaban J connectivity index is 1.87. The summed E-state index contributed by atoms with van der Waals surface area (Å²) < 4.78 is 4.96. The van der Waals surface area contributed by atoms with Crippen molar-refractivity contribution in [1.29, 1.82) is 0 Å². The van der Waals surface area contributed by atoms with Gasteiger partial charge in [0.2, 0.25) is 0 Å². The average Bonchev–Trinajstić information content (AvgIpc) is 2.75. The second-order valence-corrected chi connectivity index (χ2v) is 3.69. The quantitative estimate of drug-likeness (QED) is 0.787. The van der Waals surface area contributed by atoms with Crippen LogP contribution in [0.2, 0.25) is 0 Å². The maximum atomic E-state index is 10.7. The number of aliphatic carboxylic acids is 1. The van der Waals surface area contributed by atoms with Gasteiger partial charge in [0.25, 0.3) is 0 Å². The van der Waals surface area contributed by atoms with E-state index in [9.17, 15) is 4.79 Å². The molecule has 14 heavy (non-hydrogen) atoms. The van der Waals surface area contributed by atoms with Crippen LogP contribution in [0.4, 0.5) is 0 Å². The topological polar surface area (TPSA) is 53.7 Å². The zero-order valence-corrected chi connectivity index (χ0v) is 7.85. The lowest BCUT2D eigenvalue weighted by atomic mass is 10.1. The van der Waals surface area contributed by atoms with Crippen molar-refractivity contribution in [1.82, 2.24) is 4.90 Å². The van der Waals surface area contributed by atoms with Crippen molar-refractivity contribution < 1.29 is 14.3 Å². The molecule has 1 aromatic rings. The molecule has 1 unspecified atom stereocenters. The van der Waals surface area contributed by atoms with Crippen molar-refractivity contribution in [2.45, 2.75) is 13.0 Å². The molecule has 2 heterocycles. The number of hydrogen-bond acceptors (Lipinski definition) is 3. The normalized spacial score (nSPS) is 22.7. The van der Waals surface area contributed by atoms with Crippen LogP contribution in [-0.2, 0) is 11.3 Å². The molecule has 0 bridgehead atoms. The molecule has 2 rings (SSSR count). The average molecular weight is 195 g/mol. The van der Waals surface area contributed by atoms with Gasteiger partial charge in [0.05, 0.1) is 18.4 Å². The Labute approximate surface area is 82.1 Å². The van der Waals surface area contributed by atoms with Gasteiger partial charge in [0.15, 0.2) is 0 Å². The number of likely N-dealkylation sites (tertiary alicyclic amines) is 1. The molecule has 1 saturated heterocycles. The molecule has 1 aromatic heterocycles. The van der Waals surface area contributed by atoms with Gasteiger partial charge in [-0.15, -0.1) is 0 Å². The van der Waals surface area contributed by atoms with Gasteiger partial charge < -0.3 is 9.52 Å². The number of hydrogen-bond donors (Lipinski definition) is 1. The van der Waals surface area contributed by atoms with Crippen LogP contribution in [0, 0.1) is 5.92 Å². The number of rotatable bonds is 3. The van der Waals surface area contributed by atoms with E-state index in [0.29, 0.717) is 6.54 Å². The van der Waals surface area contributed by atoms with Gasteiger partial charge in [-0.25, -0.2) is 0 Å². The van der Waals surface area contributed by atoms with E-state index in [1.807, 2.05) is 6.07 Å². The Morgan fingerprint density at radius 2 is 2.57 bits per heavy atom. The van der Waals surface area contributed by atoms with Crippen molar-refractivity contribution in [3.63, 3.8) is 0 Å². The molecule has 1 aliphatic heterocycles. The van der Waals surface area contributed by atoms with E-state index in [1.165, 1.54) is 0 Å². The van der Waals surface area contributed by atoms with Crippen molar-refractivity contribution in [2.75, 3.05) is 13.1 Å². The molecule has 1 fully saturated rings. The van der Waals surface area contributed by atoms with E-state index in [4.69, 9.17) is 9.52 Å². The Morgan fingerprint density at radius 3 is 3.14 bits per heavy atom. The van der Waals surface area contributed by atoms with Crippen molar-refractivity contribution >= 4 is 5.97 Å². The van der Waals surface area contributed by atoms with Gasteiger partial charge >= 0.3 is 5.97 Å². The highest BCUT2D eigenvalue weighted by Crippen LogP contribution is 2.18. The molecule has 76 valence electrons. The molecular weight excluding hydrogens is 182 g/mol. The molecule has 0 aromatic carbocycles. The highest BCUT2D eigenvalue weighted by atomic mass is 16.4. The molecule has 1 atom stereocenters. The third kappa shape index (κ3) is 1.96. The molecule has 0 amide bonds. The van der Waals surface area contributed by atoms with E-state index < -0.39 is 5.97 Å². The lowest BCUT2D eigenvalue weighted by Gasteiger charge is -2.13. The largest absolute Gasteiger partial charge is 0.481 e. The zero-order chi connectivity index (χ0) is 9.97. The maximum Gasteiger partial charge on any atom is 0.307 e. The van der Waals surface area contributed by atoms with Crippen molar-refractivity contribution in [2.24, 2.45) is 5.92 Å². The number of nitrogens with zero attached hydrogens (tertiary/aromatic N) is 1. The SMILES string of the molecule is O=C(O)C1CCN(Cc2ccoc2)C1. The van der Waals surface area contributed by atoms with Crippen LogP contribution in [-0.4, -0.2) is 29.1 Å². The number of carbonyl (C=O) groups is 1. The summed E-state index contributed by atoms with van der Waals surface area (Å²) >= 11 is 0. The van der Waals surface area contributed by atoms with E-state index in [-0.39, 0.29) is 5.92 Å². The number of carboxylic acid groups (broad SMARTS) is 1. The summed E-state index contributed by atoms with van der Waals surface area (Å²) in [5, 5.41) is 8.81. The summed E-state index contributed by atoms with van der Waals surface area (Å²) in [7, 11) is 0. The van der Waals surface area contributed by atoms with E-state index >= 15 is 0 Å². The number of furan rings is 1. The summed E-state index contributed by atoms with van der Waals surface area (Å²) in [4.78, 5) is 12.8. The first kappa shape index (κ1) is 9.27. The fourth-order valence-corrected chi connectivity index (χ4v) is 1.82. The molecule has 0 aliphatic carbocycles. The predicted molar refractivity (Wildman–Crippen MR) is 49.7 cm³/mol. The molecule has 0 spiro atoms. The van der Waals surface area contributed by atoms with Gasteiger partial charge in [-0.3, -0.25) is 9.69 Å². The minimum atomic E-state index is -0.681. The first-order valence-corrected chi connectivity index (χ1v) is 4.72. The van der Waals surface area contributed by atoms with Crippen LogP contribution >= 0.6 is 0 Å².